The molecule has 0 fully saturated rings. The lowest BCUT2D eigenvalue weighted by molar-refractivity contribution is 0.180. The molecule has 0 unspecified atom stereocenters. The molecule has 0 aliphatic rings. The zero-order valence-electron chi connectivity index (χ0n) is 7.02. The van der Waals surface area contributed by atoms with Crippen molar-refractivity contribution in [2.24, 2.45) is 0 Å². The molecule has 4 nitrogen and oxygen atoms in total. The highest BCUT2D eigenvalue weighted by Gasteiger charge is 2.09. The Morgan fingerprint density at radius 1 is 1.67 bits per heavy atom. The molecule has 0 bridgehead atoms. The number of carbonyl (C=O) groups excluding carboxylic acids is 1. The maximum Gasteiger partial charge on any atom is 0.413 e. The number of ether oxygens (including phenoxy) is 1. The Hall–Kier alpha value is -1.58. The lowest BCUT2D eigenvalue weighted by Crippen LogP contribution is -2.25. The van der Waals surface area contributed by atoms with Crippen LogP contribution in [0.3, 0.4) is 0 Å². The van der Waals surface area contributed by atoms with Crippen LogP contribution in [-0.4, -0.2) is 25.2 Å². The molecular weight excluding hydrogens is 156 g/mol. The third-order valence-electron chi connectivity index (χ3n) is 1.48. The smallest absolute Gasteiger partial charge is 0.413 e. The number of amides is 1. The lowest BCUT2D eigenvalue weighted by atomic mass is 10.4. The van der Waals surface area contributed by atoms with Crippen molar-refractivity contribution in [2.75, 3.05) is 19.1 Å². The van der Waals surface area contributed by atoms with Crippen LogP contribution in [0.5, 0.6) is 0 Å². The second-order valence-corrected chi connectivity index (χ2v) is 2.24. The number of nitrogens with zero attached hydrogens (tertiary/aromatic N) is 2. The van der Waals surface area contributed by atoms with Gasteiger partial charge in [0.05, 0.1) is 19.0 Å². The summed E-state index contributed by atoms with van der Waals surface area (Å²) in [5.41, 5.74) is 0.712. The summed E-state index contributed by atoms with van der Waals surface area (Å²) in [6.07, 6.45) is 2.84. The number of aromatic nitrogens is 1. The highest BCUT2D eigenvalue weighted by molar-refractivity contribution is 5.86. The third-order valence-corrected chi connectivity index (χ3v) is 1.48. The number of hydrogen-bond donors (Lipinski definition) is 0. The van der Waals surface area contributed by atoms with Gasteiger partial charge in [-0.15, -0.1) is 0 Å². The Bertz CT molecular complexity index is 261. The molecule has 1 heterocycles. The van der Waals surface area contributed by atoms with Gasteiger partial charge in [-0.25, -0.2) is 4.79 Å². The summed E-state index contributed by atoms with van der Waals surface area (Å²) in [5.74, 6) is 0. The second kappa shape index (κ2) is 3.71. The average Bonchev–Trinajstić information content (AvgIpc) is 2.17. The highest BCUT2D eigenvalue weighted by atomic mass is 16.5. The second-order valence-electron chi connectivity index (χ2n) is 2.24. The van der Waals surface area contributed by atoms with Crippen LogP contribution in [0.4, 0.5) is 10.5 Å². The third kappa shape index (κ3) is 1.72. The van der Waals surface area contributed by atoms with Crippen molar-refractivity contribution in [1.82, 2.24) is 4.98 Å². The van der Waals surface area contributed by atoms with E-state index in [-0.39, 0.29) is 0 Å². The molecule has 1 amide bonds. The van der Waals surface area contributed by atoms with Gasteiger partial charge in [0, 0.05) is 13.2 Å². The maximum absolute atomic E-state index is 11.0. The summed E-state index contributed by atoms with van der Waals surface area (Å²) in [6, 6.07) is 3.54. The maximum atomic E-state index is 11.0. The Balaban J connectivity index is 2.78. The first-order chi connectivity index (χ1) is 5.75. The Morgan fingerprint density at radius 3 is 2.92 bits per heavy atom. The molecule has 0 aliphatic heterocycles. The van der Waals surface area contributed by atoms with Crippen LogP contribution in [0.15, 0.2) is 24.5 Å². The van der Waals surface area contributed by atoms with E-state index in [1.807, 2.05) is 0 Å². The van der Waals surface area contributed by atoms with Gasteiger partial charge in [0.1, 0.15) is 0 Å². The molecule has 0 atom stereocenters. The van der Waals surface area contributed by atoms with E-state index >= 15 is 0 Å². The number of pyridine rings is 1. The summed E-state index contributed by atoms with van der Waals surface area (Å²) in [5, 5.41) is 0. The van der Waals surface area contributed by atoms with Crippen molar-refractivity contribution in [3.8, 4) is 0 Å². The van der Waals surface area contributed by atoms with Gasteiger partial charge in [-0.2, -0.15) is 0 Å². The van der Waals surface area contributed by atoms with Gasteiger partial charge in [0.2, 0.25) is 0 Å². The molecule has 1 aromatic rings. The van der Waals surface area contributed by atoms with E-state index in [9.17, 15) is 4.79 Å². The summed E-state index contributed by atoms with van der Waals surface area (Å²) in [7, 11) is 2.97. The van der Waals surface area contributed by atoms with Crippen LogP contribution < -0.4 is 4.90 Å². The van der Waals surface area contributed by atoms with Gasteiger partial charge in [0.15, 0.2) is 0 Å². The molecule has 64 valence electrons. The van der Waals surface area contributed by atoms with Crippen molar-refractivity contribution >= 4 is 11.8 Å². The van der Waals surface area contributed by atoms with Crippen LogP contribution in [0.25, 0.3) is 0 Å². The minimum atomic E-state index is -0.400. The van der Waals surface area contributed by atoms with E-state index in [0.29, 0.717) is 5.69 Å². The number of anilines is 1. The van der Waals surface area contributed by atoms with Gasteiger partial charge >= 0.3 is 6.09 Å². The monoisotopic (exact) mass is 166 g/mol. The molecule has 0 saturated heterocycles. The van der Waals surface area contributed by atoms with E-state index in [4.69, 9.17) is 0 Å². The van der Waals surface area contributed by atoms with Gasteiger partial charge in [-0.05, 0) is 12.1 Å². The molecule has 0 N–H and O–H groups in total. The average molecular weight is 166 g/mol. The molecule has 0 radical (unpaired) electrons. The van der Waals surface area contributed by atoms with Crippen molar-refractivity contribution in [3.63, 3.8) is 0 Å². The van der Waals surface area contributed by atoms with E-state index in [2.05, 4.69) is 9.72 Å². The first-order valence-corrected chi connectivity index (χ1v) is 3.47. The fraction of sp³-hybridized carbons (Fsp3) is 0.250. The van der Waals surface area contributed by atoms with E-state index < -0.39 is 6.09 Å². The summed E-state index contributed by atoms with van der Waals surface area (Å²) in [4.78, 5) is 16.2. The zero-order chi connectivity index (χ0) is 8.97. The largest absolute Gasteiger partial charge is 0.452 e. The standard InChI is InChI=1S/C8H10N2O2/c1-10(8(11)12-2)7-4-3-5-9-6-7/h3-6H,1-2H3. The highest BCUT2D eigenvalue weighted by Crippen LogP contribution is 2.09. The van der Waals surface area contributed by atoms with Crippen LogP contribution in [0.1, 0.15) is 0 Å². The van der Waals surface area contributed by atoms with Gasteiger partial charge < -0.3 is 4.74 Å². The molecule has 1 aromatic heterocycles. The van der Waals surface area contributed by atoms with Gasteiger partial charge in [0.25, 0.3) is 0 Å². The van der Waals surface area contributed by atoms with Crippen LogP contribution >= 0.6 is 0 Å². The van der Waals surface area contributed by atoms with Crippen LogP contribution in [0, 0.1) is 0 Å². The van der Waals surface area contributed by atoms with E-state index in [1.54, 1.807) is 31.6 Å². The normalized spacial score (nSPS) is 9.17. The number of carbonyl (C=O) groups is 1. The quantitative estimate of drug-likeness (QED) is 0.631. The Morgan fingerprint density at radius 2 is 2.42 bits per heavy atom. The first-order valence-electron chi connectivity index (χ1n) is 3.47. The predicted molar refractivity (Wildman–Crippen MR) is 45.0 cm³/mol. The number of methoxy groups -OCH3 is 1. The minimum absolute atomic E-state index is 0.400. The van der Waals surface area contributed by atoms with Crippen molar-refractivity contribution in [3.05, 3.63) is 24.5 Å². The molecule has 12 heavy (non-hydrogen) atoms. The minimum Gasteiger partial charge on any atom is -0.452 e. The molecule has 1 rings (SSSR count). The SMILES string of the molecule is COC(=O)N(C)c1cccnc1. The molecular formula is C8H10N2O2. The van der Waals surface area contributed by atoms with E-state index in [0.717, 1.165) is 0 Å². The number of rotatable bonds is 1. The Labute approximate surface area is 70.8 Å². The molecule has 0 aromatic carbocycles. The summed E-state index contributed by atoms with van der Waals surface area (Å²) in [6.45, 7) is 0. The Kier molecular flexibility index (Phi) is 2.63. The molecule has 0 saturated carbocycles. The van der Waals surface area contributed by atoms with Gasteiger partial charge in [-0.3, -0.25) is 9.88 Å². The summed E-state index contributed by atoms with van der Waals surface area (Å²) < 4.78 is 4.53. The predicted octanol–water partition coefficient (Wildman–Crippen LogP) is 1.28. The van der Waals surface area contributed by atoms with E-state index in [1.165, 1.54) is 12.0 Å². The molecule has 0 aliphatic carbocycles. The zero-order valence-corrected chi connectivity index (χ0v) is 7.02. The lowest BCUT2D eigenvalue weighted by Gasteiger charge is -2.14. The van der Waals surface area contributed by atoms with Crippen molar-refractivity contribution < 1.29 is 9.53 Å². The molecule has 0 spiro atoms. The first kappa shape index (κ1) is 8.52. The fourth-order valence-electron chi connectivity index (χ4n) is 0.794. The molecule has 4 heteroatoms. The van der Waals surface area contributed by atoms with Crippen molar-refractivity contribution in [2.45, 2.75) is 0 Å². The van der Waals surface area contributed by atoms with Crippen LogP contribution in [-0.2, 0) is 4.74 Å². The fourth-order valence-corrected chi connectivity index (χ4v) is 0.794. The van der Waals surface area contributed by atoms with Crippen molar-refractivity contribution in [1.29, 1.82) is 0 Å². The number of hydrogen-bond acceptors (Lipinski definition) is 3. The topological polar surface area (TPSA) is 42.4 Å². The van der Waals surface area contributed by atoms with Crippen LogP contribution in [0.2, 0.25) is 0 Å². The summed E-state index contributed by atoms with van der Waals surface area (Å²) >= 11 is 0. The van der Waals surface area contributed by atoms with Gasteiger partial charge in [-0.1, -0.05) is 0 Å².